The van der Waals surface area contributed by atoms with Crippen molar-refractivity contribution < 1.29 is 14.3 Å². The van der Waals surface area contributed by atoms with Crippen LogP contribution in [0, 0.1) is 5.41 Å². The van der Waals surface area contributed by atoms with E-state index in [1.54, 1.807) is 24.3 Å². The molecular weight excluding hydrogens is 292 g/mol. The number of carbonyl (C=O) groups is 2. The maximum Gasteiger partial charge on any atom is 0.240 e. The molecule has 0 bridgehead atoms. The van der Waals surface area contributed by atoms with E-state index in [-0.39, 0.29) is 11.8 Å². The molecule has 0 aliphatic heterocycles. The highest BCUT2D eigenvalue weighted by Gasteiger charge is 2.56. The fourth-order valence-corrected chi connectivity index (χ4v) is 2.21. The van der Waals surface area contributed by atoms with Gasteiger partial charge in [-0.15, -0.1) is 6.58 Å². The average Bonchev–Trinajstić information content (AvgIpc) is 3.26. The number of rotatable bonds is 6. The molecule has 0 aromatic heterocycles. The first kappa shape index (κ1) is 15.4. The van der Waals surface area contributed by atoms with Crippen LogP contribution in [0.15, 0.2) is 30.9 Å². The monoisotopic (exact) mass is 308 g/mol. The number of benzene rings is 1. The van der Waals surface area contributed by atoms with Gasteiger partial charge in [-0.3, -0.25) is 9.59 Å². The summed E-state index contributed by atoms with van der Waals surface area (Å²) in [7, 11) is 1.50. The first-order chi connectivity index (χ1) is 10.0. The Labute approximate surface area is 128 Å². The number of hydrogen-bond acceptors (Lipinski definition) is 3. The Hall–Kier alpha value is -2.01. The van der Waals surface area contributed by atoms with Crippen LogP contribution in [0.5, 0.6) is 5.75 Å². The highest BCUT2D eigenvalue weighted by atomic mass is 35.5. The van der Waals surface area contributed by atoms with Gasteiger partial charge in [0, 0.05) is 11.6 Å². The Bertz CT molecular complexity index is 582. The molecule has 2 amide bonds. The summed E-state index contributed by atoms with van der Waals surface area (Å²) in [6, 6.07) is 4.92. The van der Waals surface area contributed by atoms with Gasteiger partial charge >= 0.3 is 0 Å². The minimum absolute atomic E-state index is 0.277. The van der Waals surface area contributed by atoms with Crippen LogP contribution in [-0.2, 0) is 9.59 Å². The van der Waals surface area contributed by atoms with Crippen molar-refractivity contribution in [3.8, 4) is 5.75 Å². The zero-order chi connectivity index (χ0) is 15.5. The van der Waals surface area contributed by atoms with Crippen molar-refractivity contribution >= 4 is 29.1 Å². The molecule has 1 saturated carbocycles. The van der Waals surface area contributed by atoms with Crippen molar-refractivity contribution in [1.29, 1.82) is 0 Å². The minimum atomic E-state index is -0.990. The van der Waals surface area contributed by atoms with Crippen molar-refractivity contribution in [2.24, 2.45) is 5.41 Å². The van der Waals surface area contributed by atoms with Gasteiger partial charge in [-0.1, -0.05) is 17.7 Å². The van der Waals surface area contributed by atoms with Gasteiger partial charge < -0.3 is 15.4 Å². The molecule has 1 aromatic rings. The van der Waals surface area contributed by atoms with Crippen molar-refractivity contribution in [1.82, 2.24) is 5.32 Å². The Morgan fingerprint density at radius 1 is 1.43 bits per heavy atom. The Morgan fingerprint density at radius 3 is 2.71 bits per heavy atom. The van der Waals surface area contributed by atoms with E-state index >= 15 is 0 Å². The average molecular weight is 309 g/mol. The first-order valence-electron chi connectivity index (χ1n) is 6.57. The zero-order valence-corrected chi connectivity index (χ0v) is 12.5. The highest BCUT2D eigenvalue weighted by molar-refractivity contribution is 6.31. The molecule has 1 fully saturated rings. The topological polar surface area (TPSA) is 67.4 Å². The van der Waals surface area contributed by atoms with Crippen molar-refractivity contribution in [3.05, 3.63) is 35.9 Å². The van der Waals surface area contributed by atoms with Gasteiger partial charge in [0.15, 0.2) is 0 Å². The third-order valence-electron chi connectivity index (χ3n) is 3.44. The van der Waals surface area contributed by atoms with Crippen LogP contribution in [0.1, 0.15) is 12.8 Å². The number of nitrogens with one attached hydrogen (secondary N) is 2. The summed E-state index contributed by atoms with van der Waals surface area (Å²) in [5.41, 5.74) is -0.533. The largest absolute Gasteiger partial charge is 0.495 e. The minimum Gasteiger partial charge on any atom is -0.495 e. The Balaban J connectivity index is 2.13. The van der Waals surface area contributed by atoms with Crippen molar-refractivity contribution in [2.75, 3.05) is 19.0 Å². The highest BCUT2D eigenvalue weighted by Crippen LogP contribution is 2.47. The van der Waals surface area contributed by atoms with E-state index in [4.69, 9.17) is 16.3 Å². The van der Waals surface area contributed by atoms with Crippen LogP contribution >= 0.6 is 11.6 Å². The molecule has 2 N–H and O–H groups in total. The number of amides is 2. The first-order valence-corrected chi connectivity index (χ1v) is 6.95. The van der Waals surface area contributed by atoms with Gasteiger partial charge in [-0.05, 0) is 31.0 Å². The van der Waals surface area contributed by atoms with E-state index < -0.39 is 5.41 Å². The zero-order valence-electron chi connectivity index (χ0n) is 11.7. The van der Waals surface area contributed by atoms with E-state index in [0.717, 1.165) is 0 Å². The van der Waals surface area contributed by atoms with Crippen LogP contribution in [0.25, 0.3) is 0 Å². The van der Waals surface area contributed by atoms with Gasteiger partial charge in [0.1, 0.15) is 11.2 Å². The molecule has 1 aliphatic carbocycles. The summed E-state index contributed by atoms with van der Waals surface area (Å²) in [6.45, 7) is 3.88. The van der Waals surface area contributed by atoms with Gasteiger partial charge in [0.25, 0.3) is 0 Å². The maximum atomic E-state index is 12.4. The molecule has 5 nitrogen and oxygen atoms in total. The molecule has 1 aromatic carbocycles. The van der Waals surface area contributed by atoms with Gasteiger partial charge in [-0.25, -0.2) is 0 Å². The Morgan fingerprint density at radius 2 is 2.14 bits per heavy atom. The summed E-state index contributed by atoms with van der Waals surface area (Å²) in [5, 5.41) is 5.87. The molecule has 0 spiro atoms. The smallest absolute Gasteiger partial charge is 0.240 e. The number of ether oxygens (including phenoxy) is 1. The van der Waals surface area contributed by atoms with Crippen LogP contribution in [0.4, 0.5) is 5.69 Å². The lowest BCUT2D eigenvalue weighted by Crippen LogP contribution is -2.40. The van der Waals surface area contributed by atoms with E-state index in [1.807, 2.05) is 0 Å². The second-order valence-electron chi connectivity index (χ2n) is 4.88. The molecule has 1 aliphatic rings. The summed E-state index contributed by atoms with van der Waals surface area (Å²) < 4.78 is 5.17. The predicted octanol–water partition coefficient (Wildman–Crippen LogP) is 2.37. The third-order valence-corrected chi connectivity index (χ3v) is 3.67. The fourth-order valence-electron chi connectivity index (χ4n) is 2.04. The van der Waals surface area contributed by atoms with Gasteiger partial charge in [0.2, 0.25) is 11.8 Å². The lowest BCUT2D eigenvalue weighted by Gasteiger charge is -2.16. The lowest BCUT2D eigenvalue weighted by atomic mass is 10.0. The molecule has 21 heavy (non-hydrogen) atoms. The molecule has 0 heterocycles. The normalized spacial score (nSPS) is 15.0. The molecule has 2 rings (SSSR count). The number of halogens is 1. The summed E-state index contributed by atoms with van der Waals surface area (Å²) in [4.78, 5) is 24.4. The number of hydrogen-bond donors (Lipinski definition) is 2. The second kappa shape index (κ2) is 6.18. The van der Waals surface area contributed by atoms with Crippen LogP contribution in [0.3, 0.4) is 0 Å². The number of anilines is 1. The van der Waals surface area contributed by atoms with Crippen LogP contribution < -0.4 is 15.4 Å². The Kier molecular flexibility index (Phi) is 4.53. The van der Waals surface area contributed by atoms with Gasteiger partial charge in [-0.2, -0.15) is 0 Å². The van der Waals surface area contributed by atoms with Gasteiger partial charge in [0.05, 0.1) is 12.8 Å². The van der Waals surface area contributed by atoms with E-state index in [0.29, 0.717) is 35.8 Å². The summed E-state index contributed by atoms with van der Waals surface area (Å²) in [5.74, 6) is -0.124. The van der Waals surface area contributed by atoms with E-state index in [9.17, 15) is 9.59 Å². The summed E-state index contributed by atoms with van der Waals surface area (Å²) in [6.07, 6.45) is 2.64. The van der Waals surface area contributed by atoms with E-state index in [1.165, 1.54) is 7.11 Å². The third kappa shape index (κ3) is 3.19. The number of methoxy groups -OCH3 is 1. The van der Waals surface area contributed by atoms with Crippen molar-refractivity contribution in [2.45, 2.75) is 12.8 Å². The second-order valence-corrected chi connectivity index (χ2v) is 5.32. The molecule has 0 unspecified atom stereocenters. The molecule has 0 saturated heterocycles. The summed E-state index contributed by atoms with van der Waals surface area (Å²) >= 11 is 5.92. The molecule has 6 heteroatoms. The fraction of sp³-hybridized carbons (Fsp3) is 0.333. The maximum absolute atomic E-state index is 12.4. The standard InChI is InChI=1S/C15H17ClN2O3/c1-3-8-17-13(19)15(6-7-15)14(20)18-11-9-10(16)4-5-12(11)21-2/h3-5,9H,1,6-8H2,2H3,(H,17,19)(H,18,20). The van der Waals surface area contributed by atoms with Crippen LogP contribution in [0.2, 0.25) is 5.02 Å². The van der Waals surface area contributed by atoms with Crippen LogP contribution in [-0.4, -0.2) is 25.5 Å². The lowest BCUT2D eigenvalue weighted by molar-refractivity contribution is -0.134. The predicted molar refractivity (Wildman–Crippen MR) is 81.5 cm³/mol. The molecule has 112 valence electrons. The van der Waals surface area contributed by atoms with Crippen molar-refractivity contribution in [3.63, 3.8) is 0 Å². The molecule has 0 atom stereocenters. The number of carbonyl (C=O) groups excluding carboxylic acids is 2. The SMILES string of the molecule is C=CCNC(=O)C1(C(=O)Nc2cc(Cl)ccc2OC)CC1. The molecular formula is C15H17ClN2O3. The molecule has 0 radical (unpaired) electrons. The quantitative estimate of drug-likeness (QED) is 0.626. The van der Waals surface area contributed by atoms with E-state index in [2.05, 4.69) is 17.2 Å².